The Kier molecular flexibility index (Phi) is 4.04. The normalized spacial score (nSPS) is 12.1. The summed E-state index contributed by atoms with van der Waals surface area (Å²) in [6.07, 6.45) is 1.00. The maximum atomic E-state index is 10.7. The molecule has 1 atom stereocenters. The van der Waals surface area contributed by atoms with Crippen LogP contribution in [0.4, 0.5) is 17.3 Å². The highest BCUT2D eigenvalue weighted by molar-refractivity contribution is 5.59. The van der Waals surface area contributed by atoms with Gasteiger partial charge in [0.2, 0.25) is 5.82 Å². The van der Waals surface area contributed by atoms with E-state index in [1.807, 2.05) is 0 Å². The molecule has 0 amide bonds. The molecular formula is C10H16N4O2. The highest BCUT2D eigenvalue weighted by Gasteiger charge is 2.15. The first kappa shape index (κ1) is 12.2. The van der Waals surface area contributed by atoms with Crippen LogP contribution in [-0.2, 0) is 0 Å². The van der Waals surface area contributed by atoms with E-state index in [2.05, 4.69) is 24.1 Å². The molecule has 1 unspecified atom stereocenters. The summed E-state index contributed by atoms with van der Waals surface area (Å²) < 4.78 is 0. The van der Waals surface area contributed by atoms with Gasteiger partial charge in [0.05, 0.1) is 4.92 Å². The second-order valence-electron chi connectivity index (χ2n) is 3.76. The van der Waals surface area contributed by atoms with Gasteiger partial charge >= 0.3 is 5.69 Å². The molecular weight excluding hydrogens is 208 g/mol. The van der Waals surface area contributed by atoms with Crippen LogP contribution in [0.2, 0.25) is 0 Å². The Balaban J connectivity index is 2.84. The third-order valence-electron chi connectivity index (χ3n) is 2.41. The second-order valence-corrected chi connectivity index (χ2v) is 3.76. The number of nitro groups is 1. The quantitative estimate of drug-likeness (QED) is 0.589. The molecule has 1 rings (SSSR count). The summed E-state index contributed by atoms with van der Waals surface area (Å²) >= 11 is 0. The Morgan fingerprint density at radius 3 is 2.88 bits per heavy atom. The Labute approximate surface area is 94.0 Å². The van der Waals surface area contributed by atoms with Gasteiger partial charge in [0.1, 0.15) is 5.82 Å². The lowest BCUT2D eigenvalue weighted by molar-refractivity contribution is -0.384. The summed E-state index contributed by atoms with van der Waals surface area (Å²) in [6, 6.07) is 2.79. The first-order valence-corrected chi connectivity index (χ1v) is 5.19. The molecule has 6 heteroatoms. The zero-order valence-corrected chi connectivity index (χ0v) is 9.43. The number of nitrogens with zero attached hydrogens (tertiary/aromatic N) is 2. The fraction of sp³-hybridized carbons (Fsp3) is 0.500. The fourth-order valence-electron chi connectivity index (χ4n) is 1.16. The van der Waals surface area contributed by atoms with Gasteiger partial charge in [0.25, 0.3) is 0 Å². The number of nitrogens with two attached hydrogens (primary N) is 1. The molecule has 0 aliphatic heterocycles. The average molecular weight is 224 g/mol. The van der Waals surface area contributed by atoms with Crippen molar-refractivity contribution in [3.63, 3.8) is 0 Å². The predicted octanol–water partition coefficient (Wildman–Crippen LogP) is 2.03. The van der Waals surface area contributed by atoms with E-state index >= 15 is 0 Å². The van der Waals surface area contributed by atoms with Crippen LogP contribution in [-0.4, -0.2) is 16.5 Å². The fourth-order valence-corrected chi connectivity index (χ4v) is 1.16. The van der Waals surface area contributed by atoms with Gasteiger partial charge in [-0.2, -0.15) is 0 Å². The summed E-state index contributed by atoms with van der Waals surface area (Å²) in [6.45, 7) is 4.77. The number of aromatic nitrogens is 1. The van der Waals surface area contributed by atoms with Crippen molar-refractivity contribution in [1.82, 2.24) is 4.98 Å². The maximum Gasteiger partial charge on any atom is 0.311 e. The highest BCUT2D eigenvalue weighted by Crippen LogP contribution is 2.23. The van der Waals surface area contributed by atoms with Crippen LogP contribution >= 0.6 is 0 Å². The van der Waals surface area contributed by atoms with E-state index in [-0.39, 0.29) is 17.3 Å². The molecule has 6 nitrogen and oxygen atoms in total. The van der Waals surface area contributed by atoms with Gasteiger partial charge in [-0.1, -0.05) is 20.3 Å². The van der Waals surface area contributed by atoms with Crippen molar-refractivity contribution in [2.24, 2.45) is 5.92 Å². The molecule has 0 fully saturated rings. The average Bonchev–Trinajstić information content (AvgIpc) is 2.25. The van der Waals surface area contributed by atoms with Gasteiger partial charge in [-0.3, -0.25) is 10.1 Å². The minimum atomic E-state index is -0.467. The largest absolute Gasteiger partial charge is 0.384 e. The van der Waals surface area contributed by atoms with E-state index in [1.165, 1.54) is 12.1 Å². The number of hydrogen-bond acceptors (Lipinski definition) is 5. The van der Waals surface area contributed by atoms with E-state index in [4.69, 9.17) is 5.73 Å². The van der Waals surface area contributed by atoms with Crippen LogP contribution < -0.4 is 11.1 Å². The van der Waals surface area contributed by atoms with Crippen molar-refractivity contribution in [2.45, 2.75) is 20.3 Å². The van der Waals surface area contributed by atoms with Crippen molar-refractivity contribution in [3.8, 4) is 0 Å². The molecule has 0 spiro atoms. The number of nitrogen functional groups attached to an aromatic ring is 1. The number of rotatable bonds is 5. The van der Waals surface area contributed by atoms with Crippen LogP contribution in [0.25, 0.3) is 0 Å². The number of hydrogen-bond donors (Lipinski definition) is 2. The zero-order valence-electron chi connectivity index (χ0n) is 9.43. The molecule has 16 heavy (non-hydrogen) atoms. The van der Waals surface area contributed by atoms with Crippen molar-refractivity contribution in [2.75, 3.05) is 17.6 Å². The monoisotopic (exact) mass is 224 g/mol. The van der Waals surface area contributed by atoms with Crippen LogP contribution in [0.5, 0.6) is 0 Å². The van der Waals surface area contributed by atoms with Crippen LogP contribution in [0.1, 0.15) is 20.3 Å². The Bertz CT molecular complexity index is 381. The summed E-state index contributed by atoms with van der Waals surface area (Å²) in [5.74, 6) is 0.949. The smallest absolute Gasteiger partial charge is 0.311 e. The first-order valence-electron chi connectivity index (χ1n) is 5.19. The highest BCUT2D eigenvalue weighted by atomic mass is 16.6. The van der Waals surface area contributed by atoms with Crippen molar-refractivity contribution < 1.29 is 4.92 Å². The summed E-state index contributed by atoms with van der Waals surface area (Å²) in [7, 11) is 0. The number of nitrogens with one attached hydrogen (secondary N) is 1. The maximum absolute atomic E-state index is 10.7. The molecule has 0 bridgehead atoms. The van der Waals surface area contributed by atoms with E-state index < -0.39 is 4.92 Å². The van der Waals surface area contributed by atoms with E-state index in [0.29, 0.717) is 12.5 Å². The molecule has 0 saturated heterocycles. The molecule has 88 valence electrons. The molecule has 3 N–H and O–H groups in total. The van der Waals surface area contributed by atoms with Gasteiger partial charge in [-0.05, 0) is 12.0 Å². The number of pyridine rings is 1. The SMILES string of the molecule is CCC(C)CNc1nc(N)ccc1[N+](=O)[O-]. The molecule has 0 aliphatic carbocycles. The third-order valence-corrected chi connectivity index (χ3v) is 2.41. The van der Waals surface area contributed by atoms with Crippen molar-refractivity contribution in [1.29, 1.82) is 0 Å². The molecule has 1 aromatic heterocycles. The predicted molar refractivity (Wildman–Crippen MR) is 63.2 cm³/mol. The summed E-state index contributed by atoms with van der Waals surface area (Å²) in [4.78, 5) is 14.2. The van der Waals surface area contributed by atoms with Gasteiger partial charge < -0.3 is 11.1 Å². The van der Waals surface area contributed by atoms with Crippen LogP contribution in [0.3, 0.4) is 0 Å². The van der Waals surface area contributed by atoms with Gasteiger partial charge in [-0.25, -0.2) is 4.98 Å². The molecule has 0 radical (unpaired) electrons. The van der Waals surface area contributed by atoms with Crippen molar-refractivity contribution >= 4 is 17.3 Å². The van der Waals surface area contributed by atoms with Crippen molar-refractivity contribution in [3.05, 3.63) is 22.2 Å². The van der Waals surface area contributed by atoms with Crippen LogP contribution in [0, 0.1) is 16.0 Å². The molecule has 1 heterocycles. The molecule has 0 saturated carbocycles. The second kappa shape index (κ2) is 5.29. The minimum Gasteiger partial charge on any atom is -0.384 e. The molecule has 0 aliphatic rings. The topological polar surface area (TPSA) is 94.1 Å². The lowest BCUT2D eigenvalue weighted by Gasteiger charge is -2.10. The van der Waals surface area contributed by atoms with E-state index in [0.717, 1.165) is 6.42 Å². The van der Waals surface area contributed by atoms with Gasteiger partial charge in [-0.15, -0.1) is 0 Å². The zero-order chi connectivity index (χ0) is 12.1. The van der Waals surface area contributed by atoms with Gasteiger partial charge in [0.15, 0.2) is 0 Å². The first-order chi connectivity index (χ1) is 7.54. The Morgan fingerprint density at radius 2 is 2.31 bits per heavy atom. The van der Waals surface area contributed by atoms with Crippen LogP contribution in [0.15, 0.2) is 12.1 Å². The molecule has 1 aromatic rings. The molecule has 0 aromatic carbocycles. The van der Waals surface area contributed by atoms with Gasteiger partial charge in [0, 0.05) is 12.6 Å². The standard InChI is InChI=1S/C10H16N4O2/c1-3-7(2)6-12-10-8(14(15)16)4-5-9(11)13-10/h4-5,7H,3,6H2,1-2H3,(H3,11,12,13). The minimum absolute atomic E-state index is 0.0440. The third kappa shape index (κ3) is 3.08. The number of anilines is 2. The van der Waals surface area contributed by atoms with E-state index in [9.17, 15) is 10.1 Å². The lowest BCUT2D eigenvalue weighted by atomic mass is 10.1. The summed E-state index contributed by atoms with van der Waals surface area (Å²) in [5, 5.41) is 13.7. The Morgan fingerprint density at radius 1 is 1.62 bits per heavy atom. The summed E-state index contributed by atoms with van der Waals surface area (Å²) in [5.41, 5.74) is 5.45. The van der Waals surface area contributed by atoms with E-state index in [1.54, 1.807) is 0 Å². The Hall–Kier alpha value is -1.85. The lowest BCUT2D eigenvalue weighted by Crippen LogP contribution is -2.13.